The summed E-state index contributed by atoms with van der Waals surface area (Å²) >= 11 is 5.93. The number of anilines is 2. The van der Waals surface area contributed by atoms with Gasteiger partial charge in [0.15, 0.2) is 0 Å². The fourth-order valence-corrected chi connectivity index (χ4v) is 2.48. The lowest BCUT2D eigenvalue weighted by atomic mass is 10.2. The molecule has 7 nitrogen and oxygen atoms in total. The lowest BCUT2D eigenvalue weighted by Gasteiger charge is -2.10. The van der Waals surface area contributed by atoms with E-state index < -0.39 is 12.9 Å². The van der Waals surface area contributed by atoms with Crippen molar-refractivity contribution in [3.8, 4) is 11.5 Å². The number of rotatable bonds is 5. The molecule has 0 saturated carbocycles. The van der Waals surface area contributed by atoms with Gasteiger partial charge in [0.05, 0.1) is 0 Å². The quantitative estimate of drug-likeness (QED) is 0.558. The number of carbonyl (C=O) groups is 2. The molecule has 0 radical (unpaired) electrons. The van der Waals surface area contributed by atoms with Crippen LogP contribution >= 0.6 is 11.6 Å². The minimum Gasteiger partial charge on any atom is -0.457 e. The van der Waals surface area contributed by atoms with E-state index in [2.05, 4.69) is 20.9 Å². The number of aryl methyl sites for hydroxylation is 1. The van der Waals surface area contributed by atoms with Crippen LogP contribution in [0.5, 0.6) is 11.5 Å². The van der Waals surface area contributed by atoms with Crippen LogP contribution in [-0.2, 0) is 0 Å². The Kier molecular flexibility index (Phi) is 5.13. The van der Waals surface area contributed by atoms with Gasteiger partial charge in [0, 0.05) is 39.8 Å². The number of amides is 3. The molecular weight excluding hydrogens is 392 g/mol. The van der Waals surface area contributed by atoms with E-state index in [0.29, 0.717) is 22.9 Å². The molecule has 0 saturated heterocycles. The van der Waals surface area contributed by atoms with Gasteiger partial charge in [0.1, 0.15) is 17.2 Å². The first-order valence-electron chi connectivity index (χ1n) is 10.00. The largest absolute Gasteiger partial charge is 0.457 e. The molecule has 0 bridgehead atoms. The van der Waals surface area contributed by atoms with Crippen LogP contribution < -0.4 is 20.7 Å². The fourth-order valence-electron chi connectivity index (χ4n) is 2.37. The summed E-state index contributed by atoms with van der Waals surface area (Å²) < 4.78 is 28.2. The Hall–Kier alpha value is -3.58. The molecule has 3 amide bonds. The number of hydrogen-bond donors (Lipinski definition) is 3. The normalized spacial score (nSPS) is 12.1. The van der Waals surface area contributed by atoms with Gasteiger partial charge in [0.25, 0.3) is 5.91 Å². The highest BCUT2D eigenvalue weighted by atomic mass is 35.5. The van der Waals surface area contributed by atoms with Crippen LogP contribution in [0, 0.1) is 6.85 Å². The molecule has 0 unspecified atom stereocenters. The van der Waals surface area contributed by atoms with Crippen molar-refractivity contribution in [2.24, 2.45) is 0 Å². The number of ether oxygens (including phenoxy) is 1. The summed E-state index contributed by atoms with van der Waals surface area (Å²) in [6, 6.07) is 13.4. The molecule has 0 aliphatic rings. The molecule has 0 spiro atoms. The third-order valence-corrected chi connectivity index (χ3v) is 4.09. The zero-order chi connectivity index (χ0) is 23.3. The van der Waals surface area contributed by atoms with E-state index in [9.17, 15) is 9.59 Å². The zero-order valence-corrected chi connectivity index (χ0v) is 16.1. The van der Waals surface area contributed by atoms with Gasteiger partial charge in [-0.05, 0) is 60.9 Å². The molecule has 0 aliphatic heterocycles. The van der Waals surface area contributed by atoms with E-state index in [0.717, 1.165) is 0 Å². The molecule has 0 aliphatic carbocycles. The van der Waals surface area contributed by atoms with Crippen molar-refractivity contribution in [2.75, 3.05) is 17.7 Å². The standard InChI is InChI=1S/C21H19ClN4O3/c1-13-11-15(5-8-18(13)22)26-21(28)25-14-3-6-16(7-4-14)29-17-9-10-24-19(12-17)20(27)23-2/h3-12H,1-2H3,(H,23,27)(H2,25,26,28)/i1D3. The zero-order valence-electron chi connectivity index (χ0n) is 18.3. The first-order chi connectivity index (χ1) is 15.2. The highest BCUT2D eigenvalue weighted by Crippen LogP contribution is 2.24. The predicted molar refractivity (Wildman–Crippen MR) is 113 cm³/mol. The Balaban J connectivity index is 1.62. The van der Waals surface area contributed by atoms with Crippen molar-refractivity contribution in [1.29, 1.82) is 0 Å². The van der Waals surface area contributed by atoms with Crippen molar-refractivity contribution in [1.82, 2.24) is 10.3 Å². The van der Waals surface area contributed by atoms with Gasteiger partial charge in [-0.15, -0.1) is 0 Å². The second-order valence-electron chi connectivity index (χ2n) is 5.86. The average molecular weight is 414 g/mol. The molecular formula is C21H19ClN4O3. The number of carbonyl (C=O) groups excluding carboxylic acids is 2. The fraction of sp³-hybridized carbons (Fsp3) is 0.0952. The number of aromatic nitrogens is 1. The van der Waals surface area contributed by atoms with Crippen LogP contribution in [-0.4, -0.2) is 24.0 Å². The van der Waals surface area contributed by atoms with Crippen molar-refractivity contribution in [2.45, 2.75) is 6.85 Å². The van der Waals surface area contributed by atoms with Gasteiger partial charge in [0.2, 0.25) is 0 Å². The second-order valence-corrected chi connectivity index (χ2v) is 6.26. The van der Waals surface area contributed by atoms with Crippen LogP contribution in [0.25, 0.3) is 0 Å². The maximum Gasteiger partial charge on any atom is 0.323 e. The minimum atomic E-state index is -2.39. The van der Waals surface area contributed by atoms with Gasteiger partial charge in [-0.3, -0.25) is 9.78 Å². The van der Waals surface area contributed by atoms with Crippen LogP contribution in [0.3, 0.4) is 0 Å². The summed E-state index contributed by atoms with van der Waals surface area (Å²) in [5.74, 6) is 0.600. The van der Waals surface area contributed by atoms with Crippen molar-refractivity contribution in [3.05, 3.63) is 77.1 Å². The maximum absolute atomic E-state index is 12.3. The number of benzene rings is 2. The van der Waals surface area contributed by atoms with E-state index >= 15 is 0 Å². The molecule has 148 valence electrons. The predicted octanol–water partition coefficient (Wildman–Crippen LogP) is 4.84. The molecule has 8 heteroatoms. The second kappa shape index (κ2) is 9.07. The van der Waals surface area contributed by atoms with Crippen molar-refractivity contribution >= 4 is 34.9 Å². The van der Waals surface area contributed by atoms with Crippen LogP contribution in [0.15, 0.2) is 60.8 Å². The molecule has 3 rings (SSSR count). The molecule has 2 aromatic carbocycles. The van der Waals surface area contributed by atoms with E-state index in [4.69, 9.17) is 20.5 Å². The van der Waals surface area contributed by atoms with Crippen LogP contribution in [0.2, 0.25) is 5.02 Å². The molecule has 0 fully saturated rings. The van der Waals surface area contributed by atoms with E-state index in [1.54, 1.807) is 30.3 Å². The van der Waals surface area contributed by atoms with Gasteiger partial charge < -0.3 is 20.7 Å². The average Bonchev–Trinajstić information content (AvgIpc) is 2.75. The summed E-state index contributed by atoms with van der Waals surface area (Å²) in [5.41, 5.74) is 0.959. The lowest BCUT2D eigenvalue weighted by Crippen LogP contribution is -2.19. The van der Waals surface area contributed by atoms with Crippen LogP contribution in [0.4, 0.5) is 16.2 Å². The Bertz CT molecular complexity index is 1140. The highest BCUT2D eigenvalue weighted by molar-refractivity contribution is 6.31. The van der Waals surface area contributed by atoms with Gasteiger partial charge in [-0.1, -0.05) is 11.6 Å². The summed E-state index contributed by atoms with van der Waals surface area (Å²) in [5, 5.41) is 7.81. The van der Waals surface area contributed by atoms with E-state index in [1.165, 1.54) is 37.5 Å². The van der Waals surface area contributed by atoms with Crippen LogP contribution in [0.1, 0.15) is 20.2 Å². The van der Waals surface area contributed by atoms with E-state index in [1.807, 2.05) is 0 Å². The topological polar surface area (TPSA) is 92.3 Å². The number of hydrogen-bond acceptors (Lipinski definition) is 4. The smallest absolute Gasteiger partial charge is 0.323 e. The number of halogens is 1. The number of nitrogens with zero attached hydrogens (tertiary/aromatic N) is 1. The molecule has 1 aromatic heterocycles. The first kappa shape index (κ1) is 16.4. The third kappa shape index (κ3) is 5.46. The van der Waals surface area contributed by atoms with Gasteiger partial charge in [-0.2, -0.15) is 0 Å². The molecule has 3 N–H and O–H groups in total. The Morgan fingerprint density at radius 3 is 2.45 bits per heavy atom. The van der Waals surface area contributed by atoms with Crippen molar-refractivity contribution < 1.29 is 18.4 Å². The minimum absolute atomic E-state index is 0.0471. The first-order valence-corrected chi connectivity index (χ1v) is 8.87. The lowest BCUT2D eigenvalue weighted by molar-refractivity contribution is 0.0958. The molecule has 0 atom stereocenters. The van der Waals surface area contributed by atoms with Gasteiger partial charge >= 0.3 is 6.03 Å². The summed E-state index contributed by atoms with van der Waals surface area (Å²) in [6.07, 6.45) is 1.47. The van der Waals surface area contributed by atoms with E-state index in [-0.39, 0.29) is 22.2 Å². The summed E-state index contributed by atoms with van der Waals surface area (Å²) in [6.45, 7) is -2.39. The molecule has 29 heavy (non-hydrogen) atoms. The SMILES string of the molecule is [2H]C([2H])([2H])c1cc(NC(=O)Nc2ccc(Oc3ccnc(C(=O)NC)c3)cc2)ccc1Cl. The molecule has 3 aromatic rings. The summed E-state index contributed by atoms with van der Waals surface area (Å²) in [7, 11) is 1.51. The number of nitrogens with one attached hydrogen (secondary N) is 3. The maximum atomic E-state index is 12.3. The third-order valence-electron chi connectivity index (χ3n) is 3.76. The monoisotopic (exact) mass is 413 g/mol. The Morgan fingerprint density at radius 2 is 1.72 bits per heavy atom. The Morgan fingerprint density at radius 1 is 1.00 bits per heavy atom. The number of pyridine rings is 1. The highest BCUT2D eigenvalue weighted by Gasteiger charge is 2.08. The number of urea groups is 1. The molecule has 1 heterocycles. The van der Waals surface area contributed by atoms with Gasteiger partial charge in [-0.25, -0.2) is 4.79 Å². The Labute approximate surface area is 177 Å². The van der Waals surface area contributed by atoms with Crippen molar-refractivity contribution in [3.63, 3.8) is 0 Å². The summed E-state index contributed by atoms with van der Waals surface area (Å²) in [4.78, 5) is 27.9.